The minimum atomic E-state index is 0.0473. The van der Waals surface area contributed by atoms with Crippen LogP contribution in [0.25, 0.3) is 0 Å². The Morgan fingerprint density at radius 2 is 2.22 bits per heavy atom. The molecule has 0 atom stereocenters. The zero-order valence-corrected chi connectivity index (χ0v) is 11.1. The highest BCUT2D eigenvalue weighted by Crippen LogP contribution is 2.06. The fraction of sp³-hybridized carbons (Fsp3) is 0.429. The third kappa shape index (κ3) is 4.56. The van der Waals surface area contributed by atoms with Crippen molar-refractivity contribution in [3.8, 4) is 6.07 Å². The molecule has 4 heteroatoms. The molecule has 1 amide bonds. The fourth-order valence-electron chi connectivity index (χ4n) is 1.53. The highest BCUT2D eigenvalue weighted by Gasteiger charge is 2.09. The minimum Gasteiger partial charge on any atom is -0.340 e. The predicted octanol–water partition coefficient (Wildman–Crippen LogP) is 1.51. The summed E-state index contributed by atoms with van der Waals surface area (Å²) in [5, 5.41) is 11.9. The largest absolute Gasteiger partial charge is 0.340 e. The van der Waals surface area contributed by atoms with E-state index in [4.69, 9.17) is 5.26 Å². The molecule has 0 heterocycles. The predicted molar refractivity (Wildman–Crippen MR) is 70.8 cm³/mol. The maximum absolute atomic E-state index is 11.8. The number of nitrogens with zero attached hydrogens (tertiary/aromatic N) is 2. The second kappa shape index (κ2) is 6.77. The number of nitriles is 1. The first kappa shape index (κ1) is 14.2. The summed E-state index contributed by atoms with van der Waals surface area (Å²) in [5.41, 5.74) is 1.59. The smallest absolute Gasteiger partial charge is 0.236 e. The van der Waals surface area contributed by atoms with Crippen LogP contribution < -0.4 is 5.32 Å². The van der Waals surface area contributed by atoms with Gasteiger partial charge in [0, 0.05) is 19.6 Å². The number of hydrogen-bond acceptors (Lipinski definition) is 3. The molecule has 1 rings (SSSR count). The molecule has 96 valence electrons. The fourth-order valence-corrected chi connectivity index (χ4v) is 1.53. The molecule has 0 saturated carbocycles. The van der Waals surface area contributed by atoms with Crippen molar-refractivity contribution in [2.45, 2.75) is 26.4 Å². The zero-order chi connectivity index (χ0) is 13.5. The van der Waals surface area contributed by atoms with Crippen LogP contribution in [0.4, 0.5) is 0 Å². The van der Waals surface area contributed by atoms with Gasteiger partial charge in [-0.2, -0.15) is 5.26 Å². The summed E-state index contributed by atoms with van der Waals surface area (Å²) >= 11 is 0. The molecule has 0 radical (unpaired) electrons. The lowest BCUT2D eigenvalue weighted by molar-refractivity contribution is -0.129. The molecule has 0 unspecified atom stereocenters. The van der Waals surface area contributed by atoms with Crippen molar-refractivity contribution in [2.75, 3.05) is 13.6 Å². The van der Waals surface area contributed by atoms with Crippen molar-refractivity contribution in [2.24, 2.45) is 0 Å². The molecular formula is C14H19N3O. The molecule has 0 aromatic heterocycles. The SMILES string of the molecule is CC(C)NCC(=O)N(C)Cc1cccc(C#N)c1. The lowest BCUT2D eigenvalue weighted by Crippen LogP contribution is -2.37. The summed E-state index contributed by atoms with van der Waals surface area (Å²) < 4.78 is 0. The van der Waals surface area contributed by atoms with Crippen LogP contribution in [-0.4, -0.2) is 30.4 Å². The van der Waals surface area contributed by atoms with Gasteiger partial charge >= 0.3 is 0 Å². The number of benzene rings is 1. The number of rotatable bonds is 5. The van der Waals surface area contributed by atoms with Gasteiger partial charge in [-0.05, 0) is 17.7 Å². The molecule has 0 aliphatic rings. The van der Waals surface area contributed by atoms with Gasteiger partial charge in [-0.3, -0.25) is 4.79 Å². The summed E-state index contributed by atoms with van der Waals surface area (Å²) in [6.07, 6.45) is 0. The van der Waals surface area contributed by atoms with Gasteiger partial charge in [-0.25, -0.2) is 0 Å². The van der Waals surface area contributed by atoms with Crippen LogP contribution in [0.5, 0.6) is 0 Å². The Kier molecular flexibility index (Phi) is 5.34. The first-order valence-electron chi connectivity index (χ1n) is 5.99. The van der Waals surface area contributed by atoms with Gasteiger partial charge < -0.3 is 10.2 Å². The molecule has 1 N–H and O–H groups in total. The van der Waals surface area contributed by atoms with Crippen LogP contribution in [0.3, 0.4) is 0 Å². The van der Waals surface area contributed by atoms with E-state index >= 15 is 0 Å². The lowest BCUT2D eigenvalue weighted by atomic mass is 10.1. The third-order valence-corrected chi connectivity index (χ3v) is 2.56. The molecular weight excluding hydrogens is 226 g/mol. The van der Waals surface area contributed by atoms with E-state index in [9.17, 15) is 4.79 Å². The van der Waals surface area contributed by atoms with Gasteiger partial charge in [-0.1, -0.05) is 26.0 Å². The average Bonchev–Trinajstić information content (AvgIpc) is 2.36. The highest BCUT2D eigenvalue weighted by molar-refractivity contribution is 5.78. The molecule has 1 aromatic carbocycles. The van der Waals surface area contributed by atoms with Crippen molar-refractivity contribution in [3.63, 3.8) is 0 Å². The van der Waals surface area contributed by atoms with Crippen molar-refractivity contribution >= 4 is 5.91 Å². The zero-order valence-electron chi connectivity index (χ0n) is 11.1. The molecule has 18 heavy (non-hydrogen) atoms. The van der Waals surface area contributed by atoms with E-state index in [1.54, 1.807) is 24.1 Å². The minimum absolute atomic E-state index is 0.0473. The van der Waals surface area contributed by atoms with E-state index in [0.29, 0.717) is 24.7 Å². The lowest BCUT2D eigenvalue weighted by Gasteiger charge is -2.18. The highest BCUT2D eigenvalue weighted by atomic mass is 16.2. The van der Waals surface area contributed by atoms with Crippen molar-refractivity contribution in [1.29, 1.82) is 5.26 Å². The van der Waals surface area contributed by atoms with Gasteiger partial charge in [0.15, 0.2) is 0 Å². The van der Waals surface area contributed by atoms with Crippen LogP contribution in [0.15, 0.2) is 24.3 Å². The topological polar surface area (TPSA) is 56.1 Å². The van der Waals surface area contributed by atoms with Gasteiger partial charge in [0.2, 0.25) is 5.91 Å². The van der Waals surface area contributed by atoms with E-state index in [2.05, 4.69) is 11.4 Å². The number of likely N-dealkylation sites (N-methyl/N-ethyl adjacent to an activating group) is 1. The Labute approximate surface area is 108 Å². The van der Waals surface area contributed by atoms with Gasteiger partial charge in [0.1, 0.15) is 0 Å². The summed E-state index contributed by atoms with van der Waals surface area (Å²) in [7, 11) is 1.77. The van der Waals surface area contributed by atoms with Gasteiger partial charge in [0.05, 0.1) is 18.2 Å². The van der Waals surface area contributed by atoms with Crippen LogP contribution in [0.1, 0.15) is 25.0 Å². The summed E-state index contributed by atoms with van der Waals surface area (Å²) in [5.74, 6) is 0.0473. The Morgan fingerprint density at radius 1 is 1.50 bits per heavy atom. The number of hydrogen-bond donors (Lipinski definition) is 1. The normalized spacial score (nSPS) is 10.2. The monoisotopic (exact) mass is 245 g/mol. The van der Waals surface area contributed by atoms with Crippen molar-refractivity contribution < 1.29 is 4.79 Å². The van der Waals surface area contributed by atoms with E-state index in [-0.39, 0.29) is 5.91 Å². The van der Waals surface area contributed by atoms with Gasteiger partial charge in [0.25, 0.3) is 0 Å². The average molecular weight is 245 g/mol. The Balaban J connectivity index is 2.55. The van der Waals surface area contributed by atoms with Crippen LogP contribution >= 0.6 is 0 Å². The van der Waals surface area contributed by atoms with Crippen LogP contribution in [-0.2, 0) is 11.3 Å². The standard InChI is InChI=1S/C14H19N3O/c1-11(2)16-9-14(18)17(3)10-13-6-4-5-12(7-13)8-15/h4-7,11,16H,9-10H2,1-3H3. The second-order valence-corrected chi connectivity index (χ2v) is 4.60. The molecule has 1 aromatic rings. The second-order valence-electron chi connectivity index (χ2n) is 4.60. The molecule has 0 bridgehead atoms. The summed E-state index contributed by atoms with van der Waals surface area (Å²) in [6, 6.07) is 9.70. The third-order valence-electron chi connectivity index (χ3n) is 2.56. The molecule has 0 aliphatic carbocycles. The molecule has 0 saturated heterocycles. The maximum atomic E-state index is 11.8. The first-order chi connectivity index (χ1) is 8.52. The van der Waals surface area contributed by atoms with E-state index in [0.717, 1.165) is 5.56 Å². The Hall–Kier alpha value is -1.86. The van der Waals surface area contributed by atoms with Crippen molar-refractivity contribution in [1.82, 2.24) is 10.2 Å². The number of carbonyl (C=O) groups excluding carboxylic acids is 1. The Bertz CT molecular complexity index is 449. The van der Waals surface area contributed by atoms with E-state index < -0.39 is 0 Å². The number of amides is 1. The molecule has 0 aliphatic heterocycles. The maximum Gasteiger partial charge on any atom is 0.236 e. The first-order valence-corrected chi connectivity index (χ1v) is 5.99. The summed E-state index contributed by atoms with van der Waals surface area (Å²) in [6.45, 7) is 4.87. The Morgan fingerprint density at radius 3 is 2.83 bits per heavy atom. The molecule has 4 nitrogen and oxygen atoms in total. The van der Waals surface area contributed by atoms with Crippen molar-refractivity contribution in [3.05, 3.63) is 35.4 Å². The van der Waals surface area contributed by atoms with Crippen LogP contribution in [0.2, 0.25) is 0 Å². The quantitative estimate of drug-likeness (QED) is 0.855. The van der Waals surface area contributed by atoms with E-state index in [1.165, 1.54) is 0 Å². The van der Waals surface area contributed by atoms with Gasteiger partial charge in [-0.15, -0.1) is 0 Å². The number of carbonyl (C=O) groups is 1. The molecule has 0 spiro atoms. The summed E-state index contributed by atoms with van der Waals surface area (Å²) in [4.78, 5) is 13.5. The van der Waals surface area contributed by atoms with Crippen LogP contribution in [0, 0.1) is 11.3 Å². The number of nitrogens with one attached hydrogen (secondary N) is 1. The van der Waals surface area contributed by atoms with E-state index in [1.807, 2.05) is 26.0 Å². The molecule has 0 fully saturated rings.